The molecule has 0 aromatic carbocycles. The first-order valence-corrected chi connectivity index (χ1v) is 5.93. The third kappa shape index (κ3) is 2.47. The highest BCUT2D eigenvalue weighted by Crippen LogP contribution is 2.29. The van der Waals surface area contributed by atoms with Crippen LogP contribution < -0.4 is 0 Å². The van der Waals surface area contributed by atoms with Crippen LogP contribution in [0.4, 0.5) is 9.18 Å². The molecule has 0 N–H and O–H groups in total. The smallest absolute Gasteiger partial charge is 0.410 e. The fraction of sp³-hybridized carbons (Fsp3) is 0.667. The third-order valence-electron chi connectivity index (χ3n) is 2.87. The van der Waals surface area contributed by atoms with Gasteiger partial charge in [-0.2, -0.15) is 9.49 Å². The first-order chi connectivity index (χ1) is 8.28. The molecular formula is C12H18FN3O2. The Bertz CT molecular complexity index is 458. The topological polar surface area (TPSA) is 47.4 Å². The van der Waals surface area contributed by atoms with E-state index in [4.69, 9.17) is 4.74 Å². The number of carbonyl (C=O) groups is 1. The van der Waals surface area contributed by atoms with Crippen molar-refractivity contribution in [2.75, 3.05) is 13.1 Å². The second-order valence-electron chi connectivity index (χ2n) is 5.60. The number of aromatic nitrogens is 2. The minimum atomic E-state index is -0.498. The Labute approximate surface area is 106 Å². The molecule has 1 aromatic rings. The fourth-order valence-electron chi connectivity index (χ4n) is 1.86. The summed E-state index contributed by atoms with van der Waals surface area (Å²) in [6, 6.07) is 0. The lowest BCUT2D eigenvalue weighted by Crippen LogP contribution is -2.50. The standard InChI is InChI=1S/C12H18FN3O2/c1-12(2,3)18-11(17)16-6-8(7-16)9-5-14-15(4)10(9)13/h5,8H,6-7H2,1-4H3. The maximum Gasteiger partial charge on any atom is 0.410 e. The zero-order valence-corrected chi connectivity index (χ0v) is 11.1. The van der Waals surface area contributed by atoms with Crippen LogP contribution in [0, 0.1) is 5.95 Å². The van der Waals surface area contributed by atoms with Gasteiger partial charge in [0.2, 0.25) is 5.95 Å². The van der Waals surface area contributed by atoms with Crippen molar-refractivity contribution in [3.8, 4) is 0 Å². The van der Waals surface area contributed by atoms with Gasteiger partial charge in [-0.15, -0.1) is 0 Å². The van der Waals surface area contributed by atoms with E-state index in [9.17, 15) is 9.18 Å². The second kappa shape index (κ2) is 4.26. The van der Waals surface area contributed by atoms with E-state index < -0.39 is 5.60 Å². The van der Waals surface area contributed by atoms with Crippen molar-refractivity contribution in [1.29, 1.82) is 0 Å². The van der Waals surface area contributed by atoms with Crippen LogP contribution in [0.15, 0.2) is 6.20 Å². The molecule has 1 aromatic heterocycles. The molecule has 0 unspecified atom stereocenters. The number of hydrogen-bond acceptors (Lipinski definition) is 3. The molecule has 0 radical (unpaired) electrons. The largest absolute Gasteiger partial charge is 0.444 e. The first kappa shape index (κ1) is 12.9. The number of halogens is 1. The van der Waals surface area contributed by atoms with Gasteiger partial charge < -0.3 is 9.64 Å². The Balaban J connectivity index is 1.91. The van der Waals surface area contributed by atoms with Crippen LogP contribution in [-0.4, -0.2) is 39.5 Å². The predicted molar refractivity (Wildman–Crippen MR) is 63.7 cm³/mol. The Morgan fingerprint density at radius 1 is 1.50 bits per heavy atom. The average molecular weight is 255 g/mol. The van der Waals surface area contributed by atoms with Crippen molar-refractivity contribution in [1.82, 2.24) is 14.7 Å². The normalized spacial score (nSPS) is 16.6. The summed E-state index contributed by atoms with van der Waals surface area (Å²) in [6.45, 7) is 6.43. The maximum atomic E-state index is 13.6. The molecule has 18 heavy (non-hydrogen) atoms. The van der Waals surface area contributed by atoms with Crippen LogP contribution >= 0.6 is 0 Å². The molecule has 1 saturated heterocycles. The minimum Gasteiger partial charge on any atom is -0.444 e. The van der Waals surface area contributed by atoms with E-state index in [0.29, 0.717) is 18.7 Å². The van der Waals surface area contributed by atoms with Gasteiger partial charge in [-0.1, -0.05) is 0 Å². The average Bonchev–Trinajstić information content (AvgIpc) is 2.44. The van der Waals surface area contributed by atoms with Gasteiger partial charge in [0, 0.05) is 31.6 Å². The van der Waals surface area contributed by atoms with Crippen LogP contribution in [0.1, 0.15) is 32.3 Å². The first-order valence-electron chi connectivity index (χ1n) is 5.93. The number of hydrogen-bond donors (Lipinski definition) is 0. The molecule has 0 spiro atoms. The molecular weight excluding hydrogens is 237 g/mol. The van der Waals surface area contributed by atoms with E-state index in [1.165, 1.54) is 10.9 Å². The molecule has 0 aliphatic carbocycles. The summed E-state index contributed by atoms with van der Waals surface area (Å²) in [5.41, 5.74) is 0.0687. The van der Waals surface area contributed by atoms with Gasteiger partial charge in [-0.05, 0) is 20.8 Å². The van der Waals surface area contributed by atoms with Crippen molar-refractivity contribution in [2.24, 2.45) is 7.05 Å². The number of likely N-dealkylation sites (tertiary alicyclic amines) is 1. The van der Waals surface area contributed by atoms with Gasteiger partial charge in [0.15, 0.2) is 0 Å². The highest BCUT2D eigenvalue weighted by molar-refractivity contribution is 5.69. The molecule has 5 nitrogen and oxygen atoms in total. The molecule has 1 aliphatic heterocycles. The van der Waals surface area contributed by atoms with E-state index in [1.54, 1.807) is 11.9 Å². The van der Waals surface area contributed by atoms with Gasteiger partial charge in [0.05, 0.1) is 6.20 Å². The number of ether oxygens (including phenoxy) is 1. The maximum absolute atomic E-state index is 13.6. The SMILES string of the molecule is Cn1ncc(C2CN(C(=O)OC(C)(C)C)C2)c1F. The lowest BCUT2D eigenvalue weighted by atomic mass is 9.94. The van der Waals surface area contributed by atoms with Crippen molar-refractivity contribution in [2.45, 2.75) is 32.3 Å². The number of aryl methyl sites for hydroxylation is 1. The minimum absolute atomic E-state index is 0.0196. The Hall–Kier alpha value is -1.59. The highest BCUT2D eigenvalue weighted by atomic mass is 19.1. The molecule has 2 heterocycles. The summed E-state index contributed by atoms with van der Waals surface area (Å²) < 4.78 is 20.0. The third-order valence-corrected chi connectivity index (χ3v) is 2.87. The zero-order valence-electron chi connectivity index (χ0n) is 11.1. The van der Waals surface area contributed by atoms with Crippen LogP contribution in [0.3, 0.4) is 0 Å². The van der Waals surface area contributed by atoms with E-state index in [-0.39, 0.29) is 18.0 Å². The second-order valence-corrected chi connectivity index (χ2v) is 5.60. The quantitative estimate of drug-likeness (QED) is 0.770. The number of amides is 1. The molecule has 1 fully saturated rings. The van der Waals surface area contributed by atoms with Crippen LogP contribution in [0.5, 0.6) is 0 Å². The summed E-state index contributed by atoms with van der Waals surface area (Å²) >= 11 is 0. The summed E-state index contributed by atoms with van der Waals surface area (Å²) in [5.74, 6) is -0.310. The number of carbonyl (C=O) groups excluding carboxylic acids is 1. The van der Waals surface area contributed by atoms with Crippen LogP contribution in [-0.2, 0) is 11.8 Å². The van der Waals surface area contributed by atoms with Gasteiger partial charge in [-0.25, -0.2) is 9.48 Å². The van der Waals surface area contributed by atoms with Gasteiger partial charge >= 0.3 is 6.09 Å². The number of rotatable bonds is 1. The fourth-order valence-corrected chi connectivity index (χ4v) is 1.86. The predicted octanol–water partition coefficient (Wildman–Crippen LogP) is 1.89. The van der Waals surface area contributed by atoms with Crippen molar-refractivity contribution in [3.63, 3.8) is 0 Å². The molecule has 100 valence electrons. The molecule has 0 bridgehead atoms. The van der Waals surface area contributed by atoms with E-state index in [2.05, 4.69) is 5.10 Å². The van der Waals surface area contributed by atoms with Gasteiger partial charge in [0.1, 0.15) is 5.60 Å². The van der Waals surface area contributed by atoms with Crippen molar-refractivity contribution in [3.05, 3.63) is 17.7 Å². The van der Waals surface area contributed by atoms with E-state index >= 15 is 0 Å². The summed E-state index contributed by atoms with van der Waals surface area (Å²) in [4.78, 5) is 13.3. The van der Waals surface area contributed by atoms with E-state index in [1.807, 2.05) is 20.8 Å². The highest BCUT2D eigenvalue weighted by Gasteiger charge is 2.36. The van der Waals surface area contributed by atoms with E-state index in [0.717, 1.165) is 0 Å². The van der Waals surface area contributed by atoms with Crippen LogP contribution in [0.25, 0.3) is 0 Å². The Morgan fingerprint density at radius 3 is 2.56 bits per heavy atom. The monoisotopic (exact) mass is 255 g/mol. The summed E-state index contributed by atoms with van der Waals surface area (Å²) in [5, 5.41) is 3.86. The molecule has 0 atom stereocenters. The lowest BCUT2D eigenvalue weighted by Gasteiger charge is -2.39. The van der Waals surface area contributed by atoms with Gasteiger partial charge in [-0.3, -0.25) is 0 Å². The van der Waals surface area contributed by atoms with Crippen LogP contribution in [0.2, 0.25) is 0 Å². The number of nitrogens with zero attached hydrogens (tertiary/aromatic N) is 3. The lowest BCUT2D eigenvalue weighted by molar-refractivity contribution is 0.00787. The zero-order chi connectivity index (χ0) is 13.5. The molecule has 1 aliphatic rings. The summed E-state index contributed by atoms with van der Waals surface area (Å²) in [6.07, 6.45) is 1.18. The Kier molecular flexibility index (Phi) is 3.04. The molecule has 6 heteroatoms. The summed E-state index contributed by atoms with van der Waals surface area (Å²) in [7, 11) is 1.56. The van der Waals surface area contributed by atoms with Crippen molar-refractivity contribution < 1.29 is 13.9 Å². The van der Waals surface area contributed by atoms with Gasteiger partial charge in [0.25, 0.3) is 0 Å². The molecule has 1 amide bonds. The molecule has 2 rings (SSSR count). The molecule has 0 saturated carbocycles. The Morgan fingerprint density at radius 2 is 2.11 bits per heavy atom. The van der Waals surface area contributed by atoms with Crippen molar-refractivity contribution >= 4 is 6.09 Å².